The summed E-state index contributed by atoms with van der Waals surface area (Å²) in [6.45, 7) is 4.75. The van der Waals surface area contributed by atoms with Crippen molar-refractivity contribution in [2.24, 2.45) is 7.05 Å². The fourth-order valence-electron chi connectivity index (χ4n) is 1.56. The van der Waals surface area contributed by atoms with Crippen LogP contribution in [-0.2, 0) is 16.6 Å². The maximum Gasteiger partial charge on any atom is 0.331 e. The van der Waals surface area contributed by atoms with E-state index in [0.29, 0.717) is 25.3 Å². The van der Waals surface area contributed by atoms with Crippen LogP contribution in [0.15, 0.2) is 25.0 Å². The van der Waals surface area contributed by atoms with E-state index in [9.17, 15) is 9.59 Å². The third-order valence-electron chi connectivity index (χ3n) is 2.58. The Hall–Kier alpha value is -2.35. The van der Waals surface area contributed by atoms with E-state index in [1.165, 1.54) is 17.1 Å². The molecule has 0 fully saturated rings. The van der Waals surface area contributed by atoms with Crippen LogP contribution in [0.4, 0.5) is 4.79 Å². The van der Waals surface area contributed by atoms with Gasteiger partial charge in [0.15, 0.2) is 6.04 Å². The van der Waals surface area contributed by atoms with E-state index in [2.05, 4.69) is 22.3 Å². The molecule has 0 radical (unpaired) electrons. The van der Waals surface area contributed by atoms with Crippen molar-refractivity contribution in [2.45, 2.75) is 12.5 Å². The molecule has 0 bridgehead atoms. The van der Waals surface area contributed by atoms with E-state index in [-0.39, 0.29) is 0 Å². The van der Waals surface area contributed by atoms with Crippen LogP contribution in [0.1, 0.15) is 18.0 Å². The number of ether oxygens (including phenoxy) is 1. The zero-order valence-corrected chi connectivity index (χ0v) is 11.9. The van der Waals surface area contributed by atoms with Gasteiger partial charge in [0.2, 0.25) is 0 Å². The number of carboxylic acid groups (broad SMARTS) is 1. The zero-order chi connectivity index (χ0) is 15.7. The number of carbonyl (C=O) groups excluding carboxylic acids is 1. The van der Waals surface area contributed by atoms with E-state index in [1.807, 2.05) is 0 Å². The van der Waals surface area contributed by atoms with Crippen molar-refractivity contribution in [3.05, 3.63) is 30.6 Å². The first-order valence-corrected chi connectivity index (χ1v) is 6.49. The van der Waals surface area contributed by atoms with Gasteiger partial charge in [-0.1, -0.05) is 6.08 Å². The van der Waals surface area contributed by atoms with Gasteiger partial charge in [-0.05, 0) is 6.42 Å². The molecule has 1 unspecified atom stereocenters. The van der Waals surface area contributed by atoms with E-state index < -0.39 is 18.0 Å². The Morgan fingerprint density at radius 2 is 2.33 bits per heavy atom. The van der Waals surface area contributed by atoms with Crippen LogP contribution < -0.4 is 10.6 Å². The normalized spacial score (nSPS) is 11.7. The molecule has 0 aliphatic heterocycles. The first-order valence-electron chi connectivity index (χ1n) is 6.49. The summed E-state index contributed by atoms with van der Waals surface area (Å²) in [6, 6.07) is -1.71. The van der Waals surface area contributed by atoms with Crippen LogP contribution in [0, 0.1) is 0 Å². The summed E-state index contributed by atoms with van der Waals surface area (Å²) in [5.41, 5.74) is 0.405. The molecule has 8 heteroatoms. The summed E-state index contributed by atoms with van der Waals surface area (Å²) < 4.78 is 6.69. The maximum absolute atomic E-state index is 11.6. The predicted molar refractivity (Wildman–Crippen MR) is 75.8 cm³/mol. The summed E-state index contributed by atoms with van der Waals surface area (Å²) >= 11 is 0. The lowest BCUT2D eigenvalue weighted by Crippen LogP contribution is -2.41. The second-order valence-corrected chi connectivity index (χ2v) is 4.31. The fraction of sp³-hybridized carbons (Fsp3) is 0.462. The Balaban J connectivity index is 2.36. The van der Waals surface area contributed by atoms with Gasteiger partial charge >= 0.3 is 12.0 Å². The van der Waals surface area contributed by atoms with Crippen LogP contribution in [-0.4, -0.2) is 46.6 Å². The summed E-state index contributed by atoms with van der Waals surface area (Å²) in [5, 5.41) is 17.9. The number of carboxylic acids is 1. The van der Waals surface area contributed by atoms with Crippen molar-refractivity contribution in [3.8, 4) is 0 Å². The molecule has 0 spiro atoms. The minimum absolute atomic E-state index is 0.294. The molecule has 3 N–H and O–H groups in total. The van der Waals surface area contributed by atoms with Gasteiger partial charge in [-0.2, -0.15) is 5.10 Å². The largest absolute Gasteiger partial charge is 0.479 e. The first kappa shape index (κ1) is 16.7. The van der Waals surface area contributed by atoms with Crippen molar-refractivity contribution in [3.63, 3.8) is 0 Å². The molecule has 116 valence electrons. The molecule has 1 atom stereocenters. The van der Waals surface area contributed by atoms with Crippen molar-refractivity contribution in [2.75, 3.05) is 19.8 Å². The monoisotopic (exact) mass is 296 g/mol. The molecular weight excluding hydrogens is 276 g/mol. The Labute approximate surface area is 122 Å². The zero-order valence-electron chi connectivity index (χ0n) is 11.9. The highest BCUT2D eigenvalue weighted by molar-refractivity contribution is 5.83. The van der Waals surface area contributed by atoms with E-state index in [0.717, 1.165) is 6.42 Å². The molecule has 0 aromatic carbocycles. The number of hydrogen-bond donors (Lipinski definition) is 3. The van der Waals surface area contributed by atoms with Crippen LogP contribution in [0.5, 0.6) is 0 Å². The lowest BCUT2D eigenvalue weighted by Gasteiger charge is -2.13. The van der Waals surface area contributed by atoms with Crippen LogP contribution in [0.2, 0.25) is 0 Å². The number of rotatable bonds is 9. The van der Waals surface area contributed by atoms with Crippen LogP contribution in [0.25, 0.3) is 0 Å². The lowest BCUT2D eigenvalue weighted by molar-refractivity contribution is -0.139. The van der Waals surface area contributed by atoms with Gasteiger partial charge in [0.1, 0.15) is 0 Å². The number of urea groups is 1. The second kappa shape index (κ2) is 8.75. The van der Waals surface area contributed by atoms with Gasteiger partial charge in [-0.15, -0.1) is 6.58 Å². The standard InChI is InChI=1S/C13H20N4O4/c1-3-4-6-21-7-5-14-13(20)16-11(12(18)19)10-8-15-17(2)9-10/h3,8-9,11H,1,4-7H2,2H3,(H,18,19)(H2,14,16,20). The Bertz CT molecular complexity index is 486. The fourth-order valence-corrected chi connectivity index (χ4v) is 1.56. The first-order chi connectivity index (χ1) is 10.0. The highest BCUT2D eigenvalue weighted by Crippen LogP contribution is 2.11. The highest BCUT2D eigenvalue weighted by Gasteiger charge is 2.23. The molecule has 0 aliphatic rings. The molecule has 0 saturated carbocycles. The molecule has 1 aromatic rings. The molecule has 0 aliphatic carbocycles. The molecule has 1 heterocycles. The van der Waals surface area contributed by atoms with Gasteiger partial charge in [-0.25, -0.2) is 9.59 Å². The molecule has 1 rings (SSSR count). The van der Waals surface area contributed by atoms with E-state index in [1.54, 1.807) is 13.1 Å². The molecule has 8 nitrogen and oxygen atoms in total. The van der Waals surface area contributed by atoms with Gasteiger partial charge in [0.05, 0.1) is 19.4 Å². The van der Waals surface area contributed by atoms with Crippen LogP contribution >= 0.6 is 0 Å². The lowest BCUT2D eigenvalue weighted by atomic mass is 10.1. The van der Waals surface area contributed by atoms with Gasteiger partial charge in [0.25, 0.3) is 0 Å². The van der Waals surface area contributed by atoms with Gasteiger partial charge < -0.3 is 20.5 Å². The second-order valence-electron chi connectivity index (χ2n) is 4.31. The molecular formula is C13H20N4O4. The van der Waals surface area contributed by atoms with Crippen molar-refractivity contribution in [1.29, 1.82) is 0 Å². The SMILES string of the molecule is C=CCCOCCNC(=O)NC(C(=O)O)c1cnn(C)c1. The number of amides is 2. The number of aryl methyl sites for hydroxylation is 1. The average molecular weight is 296 g/mol. The quantitative estimate of drug-likeness (QED) is 0.453. The third-order valence-corrected chi connectivity index (χ3v) is 2.58. The Morgan fingerprint density at radius 1 is 1.57 bits per heavy atom. The summed E-state index contributed by atoms with van der Waals surface area (Å²) in [4.78, 5) is 22.8. The number of nitrogens with zero attached hydrogens (tertiary/aromatic N) is 2. The van der Waals surface area contributed by atoms with E-state index in [4.69, 9.17) is 9.84 Å². The number of aliphatic carboxylic acids is 1. The van der Waals surface area contributed by atoms with Gasteiger partial charge in [-0.3, -0.25) is 4.68 Å². The Kier molecular flexibility index (Phi) is 6.96. The number of hydrogen-bond acceptors (Lipinski definition) is 4. The summed E-state index contributed by atoms with van der Waals surface area (Å²) in [6.07, 6.45) is 5.43. The number of nitrogens with one attached hydrogen (secondary N) is 2. The smallest absolute Gasteiger partial charge is 0.331 e. The minimum atomic E-state index is -1.15. The van der Waals surface area contributed by atoms with Crippen molar-refractivity contribution in [1.82, 2.24) is 20.4 Å². The van der Waals surface area contributed by atoms with Gasteiger partial charge in [0, 0.05) is 25.4 Å². The summed E-state index contributed by atoms with van der Waals surface area (Å²) in [5.74, 6) is -1.15. The minimum Gasteiger partial charge on any atom is -0.479 e. The molecule has 2 amide bonds. The van der Waals surface area contributed by atoms with E-state index >= 15 is 0 Å². The summed E-state index contributed by atoms with van der Waals surface area (Å²) in [7, 11) is 1.67. The number of carbonyl (C=O) groups is 2. The molecule has 1 aromatic heterocycles. The average Bonchev–Trinajstić information content (AvgIpc) is 2.86. The molecule has 21 heavy (non-hydrogen) atoms. The topological polar surface area (TPSA) is 105 Å². The predicted octanol–water partition coefficient (Wildman–Crippen LogP) is 0.438. The maximum atomic E-state index is 11.6. The highest BCUT2D eigenvalue weighted by atomic mass is 16.5. The van der Waals surface area contributed by atoms with Crippen molar-refractivity contribution < 1.29 is 19.4 Å². The van der Waals surface area contributed by atoms with Crippen LogP contribution in [0.3, 0.4) is 0 Å². The third kappa shape index (κ3) is 6.09. The molecule has 0 saturated heterocycles. The Morgan fingerprint density at radius 3 is 2.90 bits per heavy atom. The van der Waals surface area contributed by atoms with Crippen molar-refractivity contribution >= 4 is 12.0 Å². The number of aromatic nitrogens is 2.